The normalized spacial score (nSPS) is 18.3. The van der Waals surface area contributed by atoms with E-state index < -0.39 is 0 Å². The van der Waals surface area contributed by atoms with Crippen molar-refractivity contribution < 1.29 is 9.53 Å². The maximum atomic E-state index is 12.5. The van der Waals surface area contributed by atoms with Gasteiger partial charge in [0.15, 0.2) is 5.17 Å². The van der Waals surface area contributed by atoms with E-state index in [0.717, 1.165) is 22.6 Å². The quantitative estimate of drug-likeness (QED) is 0.553. The number of thioether (sulfide) groups is 1. The molecular formula is C21H24N4O2S. The summed E-state index contributed by atoms with van der Waals surface area (Å²) in [5, 5.41) is 8.97. The monoisotopic (exact) mass is 396 g/mol. The van der Waals surface area contributed by atoms with Gasteiger partial charge < -0.3 is 9.64 Å². The van der Waals surface area contributed by atoms with Gasteiger partial charge in [-0.05, 0) is 42.3 Å². The third kappa shape index (κ3) is 4.72. The van der Waals surface area contributed by atoms with Crippen molar-refractivity contribution in [1.82, 2.24) is 4.90 Å². The van der Waals surface area contributed by atoms with Crippen LogP contribution in [0.5, 0.6) is 5.75 Å². The Hall–Kier alpha value is -2.80. The van der Waals surface area contributed by atoms with Gasteiger partial charge in [0.1, 0.15) is 5.75 Å². The Balaban J connectivity index is 1.73. The molecule has 1 aliphatic rings. The van der Waals surface area contributed by atoms with Crippen LogP contribution in [-0.2, 0) is 11.3 Å². The first-order valence-electron chi connectivity index (χ1n) is 8.97. The minimum Gasteiger partial charge on any atom is -0.497 e. The Kier molecular flexibility index (Phi) is 6.36. The van der Waals surface area contributed by atoms with Crippen molar-refractivity contribution in [1.29, 1.82) is 0 Å². The third-order valence-corrected chi connectivity index (χ3v) is 5.45. The van der Waals surface area contributed by atoms with Gasteiger partial charge in [-0.15, -0.1) is 5.10 Å². The predicted octanol–water partition coefficient (Wildman–Crippen LogP) is 3.62. The number of nitrogens with zero attached hydrogens (tertiary/aromatic N) is 4. The summed E-state index contributed by atoms with van der Waals surface area (Å²) in [4.78, 5) is 16.2. The molecule has 0 spiro atoms. The number of rotatable bonds is 6. The fourth-order valence-electron chi connectivity index (χ4n) is 2.73. The lowest BCUT2D eigenvalue weighted by Gasteiger charge is -2.15. The van der Waals surface area contributed by atoms with E-state index in [1.54, 1.807) is 18.2 Å². The second-order valence-corrected chi connectivity index (χ2v) is 7.95. The van der Waals surface area contributed by atoms with E-state index in [1.165, 1.54) is 11.8 Å². The van der Waals surface area contributed by atoms with Crippen LogP contribution in [0.2, 0.25) is 0 Å². The average Bonchev–Trinajstić information content (AvgIpc) is 2.96. The summed E-state index contributed by atoms with van der Waals surface area (Å²) in [5.41, 5.74) is 3.10. The van der Waals surface area contributed by atoms with Gasteiger partial charge in [-0.25, -0.2) is 0 Å². The summed E-state index contributed by atoms with van der Waals surface area (Å²) >= 11 is 1.43. The fourth-order valence-corrected chi connectivity index (χ4v) is 3.65. The number of benzene rings is 2. The Bertz CT molecular complexity index is 876. The maximum Gasteiger partial charge on any atom is 0.242 e. The first kappa shape index (κ1) is 19.9. The summed E-state index contributed by atoms with van der Waals surface area (Å²) in [6.45, 7) is 2.35. The number of methoxy groups -OCH3 is 1. The topological polar surface area (TPSA) is 57.5 Å². The molecule has 1 heterocycles. The third-order valence-electron chi connectivity index (χ3n) is 4.39. The molecule has 2 aromatic carbocycles. The number of hydrogen-bond acceptors (Lipinski definition) is 6. The lowest BCUT2D eigenvalue weighted by atomic mass is 10.2. The van der Waals surface area contributed by atoms with Crippen LogP contribution in [0.4, 0.5) is 5.69 Å². The Morgan fingerprint density at radius 2 is 1.82 bits per heavy atom. The van der Waals surface area contributed by atoms with E-state index in [2.05, 4.69) is 10.2 Å². The van der Waals surface area contributed by atoms with Gasteiger partial charge in [0.25, 0.3) is 0 Å². The maximum absolute atomic E-state index is 12.5. The zero-order valence-electron chi connectivity index (χ0n) is 16.5. The molecule has 1 aliphatic heterocycles. The minimum absolute atomic E-state index is 0.0464. The molecule has 1 atom stereocenters. The Labute approximate surface area is 169 Å². The predicted molar refractivity (Wildman–Crippen MR) is 116 cm³/mol. The Morgan fingerprint density at radius 3 is 2.43 bits per heavy atom. The Morgan fingerprint density at radius 1 is 1.14 bits per heavy atom. The molecule has 7 heteroatoms. The van der Waals surface area contributed by atoms with Crippen LogP contribution in [0.15, 0.2) is 58.7 Å². The standard InChI is InChI=1S/C21H24N4O2S/c1-15-20(26)25(14-17-7-11-19(27-4)12-8-17)21(28-15)23-22-13-16-5-9-18(10-6-16)24(2)3/h5-13,15H,14H2,1-4H3. The summed E-state index contributed by atoms with van der Waals surface area (Å²) in [6.07, 6.45) is 1.70. The SMILES string of the molecule is COc1ccc(CN2C(=O)C(C)SC2=NN=Cc2ccc(N(C)C)cc2)cc1. The first-order valence-corrected chi connectivity index (χ1v) is 9.85. The molecule has 6 nitrogen and oxygen atoms in total. The lowest BCUT2D eigenvalue weighted by molar-refractivity contribution is -0.126. The van der Waals surface area contributed by atoms with E-state index in [1.807, 2.05) is 74.4 Å². The highest BCUT2D eigenvalue weighted by molar-refractivity contribution is 8.15. The molecule has 1 amide bonds. The number of ether oxygens (including phenoxy) is 1. The molecule has 0 radical (unpaired) electrons. The van der Waals surface area contributed by atoms with Gasteiger partial charge in [-0.1, -0.05) is 36.0 Å². The molecule has 0 N–H and O–H groups in total. The molecule has 0 bridgehead atoms. The second-order valence-electron chi connectivity index (χ2n) is 6.65. The summed E-state index contributed by atoms with van der Waals surface area (Å²) in [5.74, 6) is 0.836. The van der Waals surface area contributed by atoms with E-state index in [-0.39, 0.29) is 11.2 Å². The molecule has 146 valence electrons. The lowest BCUT2D eigenvalue weighted by Crippen LogP contribution is -2.30. The van der Waals surface area contributed by atoms with E-state index in [4.69, 9.17) is 4.74 Å². The van der Waals surface area contributed by atoms with Crippen molar-refractivity contribution >= 4 is 34.7 Å². The van der Waals surface area contributed by atoms with Gasteiger partial charge in [-0.3, -0.25) is 9.69 Å². The molecule has 0 saturated carbocycles. The van der Waals surface area contributed by atoms with Crippen molar-refractivity contribution in [2.24, 2.45) is 10.2 Å². The van der Waals surface area contributed by atoms with E-state index in [0.29, 0.717) is 11.7 Å². The zero-order chi connectivity index (χ0) is 20.1. The molecule has 0 aromatic heterocycles. The molecule has 1 saturated heterocycles. The summed E-state index contributed by atoms with van der Waals surface area (Å²) < 4.78 is 5.18. The van der Waals surface area contributed by atoms with Crippen LogP contribution >= 0.6 is 11.8 Å². The van der Waals surface area contributed by atoms with Crippen molar-refractivity contribution in [3.63, 3.8) is 0 Å². The van der Waals surface area contributed by atoms with Gasteiger partial charge >= 0.3 is 0 Å². The molecule has 3 rings (SSSR count). The number of hydrogen-bond donors (Lipinski definition) is 0. The smallest absolute Gasteiger partial charge is 0.242 e. The van der Waals surface area contributed by atoms with Gasteiger partial charge in [0.05, 0.1) is 25.1 Å². The molecule has 1 fully saturated rings. The van der Waals surface area contributed by atoms with Crippen LogP contribution in [-0.4, -0.2) is 48.6 Å². The number of anilines is 1. The van der Waals surface area contributed by atoms with E-state index >= 15 is 0 Å². The van der Waals surface area contributed by atoms with Crippen molar-refractivity contribution in [2.45, 2.75) is 18.7 Å². The zero-order valence-corrected chi connectivity index (χ0v) is 17.3. The molecule has 1 unspecified atom stereocenters. The molecule has 0 aliphatic carbocycles. The largest absolute Gasteiger partial charge is 0.497 e. The highest BCUT2D eigenvalue weighted by Gasteiger charge is 2.35. The highest BCUT2D eigenvalue weighted by Crippen LogP contribution is 2.28. The number of amides is 1. The fraction of sp³-hybridized carbons (Fsp3) is 0.286. The minimum atomic E-state index is -0.161. The molecule has 2 aromatic rings. The van der Waals surface area contributed by atoms with Crippen LogP contribution in [0.3, 0.4) is 0 Å². The van der Waals surface area contributed by atoms with Crippen molar-refractivity contribution in [3.8, 4) is 5.75 Å². The number of carbonyl (C=O) groups is 1. The van der Waals surface area contributed by atoms with Crippen LogP contribution in [0, 0.1) is 0 Å². The number of carbonyl (C=O) groups excluding carboxylic acids is 1. The second kappa shape index (κ2) is 8.93. The first-order chi connectivity index (χ1) is 13.5. The highest BCUT2D eigenvalue weighted by atomic mass is 32.2. The van der Waals surface area contributed by atoms with Gasteiger partial charge in [0, 0.05) is 19.8 Å². The summed E-state index contributed by atoms with van der Waals surface area (Å²) in [6, 6.07) is 15.7. The molecular weight excluding hydrogens is 372 g/mol. The summed E-state index contributed by atoms with van der Waals surface area (Å²) in [7, 11) is 5.64. The molecule has 28 heavy (non-hydrogen) atoms. The van der Waals surface area contributed by atoms with Crippen molar-refractivity contribution in [2.75, 3.05) is 26.1 Å². The van der Waals surface area contributed by atoms with Crippen LogP contribution in [0.25, 0.3) is 0 Å². The van der Waals surface area contributed by atoms with Crippen molar-refractivity contribution in [3.05, 3.63) is 59.7 Å². The van der Waals surface area contributed by atoms with Gasteiger partial charge in [0.2, 0.25) is 5.91 Å². The van der Waals surface area contributed by atoms with Crippen LogP contribution < -0.4 is 9.64 Å². The van der Waals surface area contributed by atoms with Gasteiger partial charge in [-0.2, -0.15) is 5.10 Å². The average molecular weight is 397 g/mol. The van der Waals surface area contributed by atoms with E-state index in [9.17, 15) is 4.79 Å². The number of amidine groups is 1. The van der Waals surface area contributed by atoms with Crippen LogP contribution in [0.1, 0.15) is 18.1 Å².